The van der Waals surface area contributed by atoms with Gasteiger partial charge in [0.15, 0.2) is 0 Å². The molecule has 0 aliphatic carbocycles. The molecule has 0 bridgehead atoms. The molecule has 5 rings (SSSR count). The highest BCUT2D eigenvalue weighted by molar-refractivity contribution is 6.06. The quantitative estimate of drug-likeness (QED) is 0.623. The number of anilines is 1. The van der Waals surface area contributed by atoms with Crippen LogP contribution in [0.1, 0.15) is 50.9 Å². The molecule has 0 radical (unpaired) electrons. The first kappa shape index (κ1) is 14.9. The maximum absolute atomic E-state index is 15.2. The summed E-state index contributed by atoms with van der Waals surface area (Å²) in [6.45, 7) is -13.1. The number of amides is 3. The molecular formula is C25H27FN4O4. The minimum absolute atomic E-state index is 0.0283. The zero-order chi connectivity index (χ0) is 30.8. The van der Waals surface area contributed by atoms with Crippen LogP contribution in [0.3, 0.4) is 0 Å². The maximum atomic E-state index is 15.2. The fraction of sp³-hybridized carbons (Fsp3) is 0.400. The first-order valence-electron chi connectivity index (χ1n) is 14.7. The Morgan fingerprint density at radius 3 is 2.76 bits per heavy atom. The molecule has 0 aromatic heterocycles. The van der Waals surface area contributed by atoms with Crippen LogP contribution in [0.2, 0.25) is 0 Å². The van der Waals surface area contributed by atoms with E-state index in [1.165, 1.54) is 17.0 Å². The SMILES string of the molecule is [2H]C1([2H])OC([2H])([2H])C([2H])([2H])N(Cc2ccc(CNc3cccc4c3CN(C3CCC(=O)NC3=O)C4=O)c(F)c2)C1([2H])[2H]. The van der Waals surface area contributed by atoms with E-state index in [0.717, 1.165) is 6.07 Å². The summed E-state index contributed by atoms with van der Waals surface area (Å²) in [6.07, 6.45) is 0.338. The van der Waals surface area contributed by atoms with Crippen molar-refractivity contribution >= 4 is 23.4 Å². The molecule has 2 N–H and O–H groups in total. The Balaban J connectivity index is 1.31. The van der Waals surface area contributed by atoms with Crippen LogP contribution in [0.25, 0.3) is 0 Å². The van der Waals surface area contributed by atoms with Crippen molar-refractivity contribution in [2.24, 2.45) is 0 Å². The summed E-state index contributed by atoms with van der Waals surface area (Å²) >= 11 is 0. The first-order valence-corrected chi connectivity index (χ1v) is 10.7. The van der Waals surface area contributed by atoms with Gasteiger partial charge in [-0.25, -0.2) is 4.39 Å². The Labute approximate surface area is 208 Å². The molecule has 3 heterocycles. The van der Waals surface area contributed by atoms with Gasteiger partial charge in [0.2, 0.25) is 11.8 Å². The van der Waals surface area contributed by atoms with E-state index in [1.54, 1.807) is 18.2 Å². The van der Waals surface area contributed by atoms with Gasteiger partial charge in [-0.15, -0.1) is 0 Å². The molecule has 9 heteroatoms. The highest BCUT2D eigenvalue weighted by Crippen LogP contribution is 2.32. The number of hydrogen-bond donors (Lipinski definition) is 2. The number of rotatable bonds is 6. The second-order valence-corrected chi connectivity index (χ2v) is 8.13. The summed E-state index contributed by atoms with van der Waals surface area (Å²) in [6, 6.07) is 8.01. The van der Waals surface area contributed by atoms with Crippen LogP contribution in [0.15, 0.2) is 36.4 Å². The van der Waals surface area contributed by atoms with Gasteiger partial charge in [0, 0.05) is 66.9 Å². The van der Waals surface area contributed by atoms with Crippen molar-refractivity contribution in [3.63, 3.8) is 0 Å². The molecule has 1 atom stereocenters. The van der Waals surface area contributed by atoms with Crippen molar-refractivity contribution in [1.82, 2.24) is 15.1 Å². The van der Waals surface area contributed by atoms with E-state index in [1.807, 2.05) is 0 Å². The summed E-state index contributed by atoms with van der Waals surface area (Å²) in [5, 5.41) is 5.34. The van der Waals surface area contributed by atoms with Crippen molar-refractivity contribution in [2.75, 3.05) is 31.4 Å². The number of morpholine rings is 1. The van der Waals surface area contributed by atoms with Gasteiger partial charge in [-0.05, 0) is 30.2 Å². The van der Waals surface area contributed by atoms with Crippen molar-refractivity contribution in [3.05, 3.63) is 64.5 Å². The number of carbonyl (C=O) groups is 3. The van der Waals surface area contributed by atoms with Crippen LogP contribution < -0.4 is 10.6 Å². The molecule has 8 nitrogen and oxygen atoms in total. The van der Waals surface area contributed by atoms with Crippen LogP contribution in [-0.2, 0) is 34.0 Å². The molecule has 1 unspecified atom stereocenters. The summed E-state index contributed by atoms with van der Waals surface area (Å²) in [5.41, 5.74) is 1.79. The molecule has 2 saturated heterocycles. The largest absolute Gasteiger partial charge is 0.381 e. The van der Waals surface area contributed by atoms with E-state index in [9.17, 15) is 14.4 Å². The lowest BCUT2D eigenvalue weighted by Crippen LogP contribution is -2.52. The fourth-order valence-corrected chi connectivity index (χ4v) is 4.25. The van der Waals surface area contributed by atoms with Crippen LogP contribution in [0.5, 0.6) is 0 Å². The van der Waals surface area contributed by atoms with Crippen molar-refractivity contribution in [2.45, 2.75) is 38.5 Å². The average Bonchev–Trinajstić information content (AvgIpc) is 3.22. The highest BCUT2D eigenvalue weighted by Gasteiger charge is 2.39. The molecule has 3 aliphatic rings. The molecule has 2 fully saturated rings. The number of hydrogen-bond acceptors (Lipinski definition) is 6. The summed E-state index contributed by atoms with van der Waals surface area (Å²) < 4.78 is 83.3. The molecule has 3 aliphatic heterocycles. The minimum Gasteiger partial charge on any atom is -0.381 e. The number of fused-ring (bicyclic) bond motifs is 1. The number of benzene rings is 2. The Morgan fingerprint density at radius 2 is 2.00 bits per heavy atom. The van der Waals surface area contributed by atoms with E-state index in [0.29, 0.717) is 21.7 Å². The number of imide groups is 1. The van der Waals surface area contributed by atoms with Crippen molar-refractivity contribution in [1.29, 1.82) is 0 Å². The summed E-state index contributed by atoms with van der Waals surface area (Å²) in [4.78, 5) is 38.6. The van der Waals surface area contributed by atoms with Crippen molar-refractivity contribution in [3.8, 4) is 0 Å². The third-order valence-corrected chi connectivity index (χ3v) is 5.97. The standard InChI is InChI=1S/C25H27FN4O4/c26-20-12-16(14-29-8-10-34-11-9-29)4-5-17(20)13-27-21-3-1-2-18-19(21)15-30(25(18)33)22-6-7-23(31)28-24(22)32/h1-5,12,22,27H,6-11,13-15H2,(H,28,31,32)/i8D2,9D2,10D2,11D2. The minimum atomic E-state index is -3.20. The molecule has 34 heavy (non-hydrogen) atoms. The van der Waals surface area contributed by atoms with Crippen molar-refractivity contribution < 1.29 is 34.5 Å². The van der Waals surface area contributed by atoms with E-state index < -0.39 is 50.4 Å². The Bertz CT molecular complexity index is 1450. The Kier molecular flexibility index (Phi) is 4.16. The van der Waals surface area contributed by atoms with E-state index in [-0.39, 0.29) is 48.9 Å². The van der Waals surface area contributed by atoms with Crippen LogP contribution in [0, 0.1) is 5.82 Å². The van der Waals surface area contributed by atoms with Gasteiger partial charge in [0.1, 0.15) is 11.9 Å². The van der Waals surface area contributed by atoms with Gasteiger partial charge < -0.3 is 15.0 Å². The normalized spacial score (nSPS) is 30.3. The zero-order valence-corrected chi connectivity index (χ0v) is 18.0. The molecule has 0 saturated carbocycles. The fourth-order valence-electron chi connectivity index (χ4n) is 4.25. The van der Waals surface area contributed by atoms with Gasteiger partial charge in [-0.1, -0.05) is 18.2 Å². The predicted molar refractivity (Wildman–Crippen MR) is 122 cm³/mol. The van der Waals surface area contributed by atoms with E-state index in [2.05, 4.69) is 15.4 Å². The molecule has 3 amide bonds. The molecule has 2 aromatic rings. The van der Waals surface area contributed by atoms with Gasteiger partial charge in [0.25, 0.3) is 5.91 Å². The lowest BCUT2D eigenvalue weighted by molar-refractivity contribution is -0.136. The highest BCUT2D eigenvalue weighted by atomic mass is 19.1. The molecule has 2 aromatic carbocycles. The van der Waals surface area contributed by atoms with Gasteiger partial charge >= 0.3 is 0 Å². The average molecular weight is 475 g/mol. The number of nitrogens with one attached hydrogen (secondary N) is 2. The van der Waals surface area contributed by atoms with E-state index in [4.69, 9.17) is 11.0 Å². The van der Waals surface area contributed by atoms with Gasteiger partial charge in [0.05, 0.1) is 18.6 Å². The predicted octanol–water partition coefficient (Wildman–Crippen LogP) is 2.03. The number of piperidine rings is 1. The molecule has 178 valence electrons. The Hall–Kier alpha value is -3.30. The maximum Gasteiger partial charge on any atom is 0.255 e. The summed E-state index contributed by atoms with van der Waals surface area (Å²) in [5.74, 6) is -2.00. The lowest BCUT2D eigenvalue weighted by Gasteiger charge is -2.29. The monoisotopic (exact) mass is 474 g/mol. The third-order valence-electron chi connectivity index (χ3n) is 5.97. The number of nitrogens with zero attached hydrogens (tertiary/aromatic N) is 2. The van der Waals surface area contributed by atoms with Crippen LogP contribution in [-0.4, -0.2) is 59.7 Å². The van der Waals surface area contributed by atoms with Crippen LogP contribution >= 0.6 is 0 Å². The zero-order valence-electron chi connectivity index (χ0n) is 26.0. The number of halogens is 1. The van der Waals surface area contributed by atoms with Gasteiger partial charge in [-0.3, -0.25) is 24.6 Å². The first-order chi connectivity index (χ1) is 19.5. The number of ether oxygens (including phenoxy) is 1. The Morgan fingerprint density at radius 1 is 1.18 bits per heavy atom. The smallest absolute Gasteiger partial charge is 0.255 e. The van der Waals surface area contributed by atoms with Crippen LogP contribution in [0.4, 0.5) is 10.1 Å². The van der Waals surface area contributed by atoms with E-state index >= 15 is 4.39 Å². The molecular weight excluding hydrogens is 439 g/mol. The topological polar surface area (TPSA) is 91.0 Å². The number of carbonyl (C=O) groups excluding carboxylic acids is 3. The summed E-state index contributed by atoms with van der Waals surface area (Å²) in [7, 11) is 0. The second kappa shape index (κ2) is 9.52. The lowest BCUT2D eigenvalue weighted by atomic mass is 10.0. The second-order valence-electron chi connectivity index (χ2n) is 8.13. The van der Waals surface area contributed by atoms with Gasteiger partial charge in [-0.2, -0.15) is 0 Å². The molecule has 0 spiro atoms. The third kappa shape index (κ3) is 4.53.